The quantitative estimate of drug-likeness (QED) is 0.552. The number of nitrogens with zero attached hydrogens (tertiary/aromatic N) is 3. The van der Waals surface area contributed by atoms with Gasteiger partial charge in [-0.2, -0.15) is 0 Å². The fourth-order valence-corrected chi connectivity index (χ4v) is 3.68. The highest BCUT2D eigenvalue weighted by molar-refractivity contribution is 7.98. The molecule has 0 fully saturated rings. The maximum Gasteiger partial charge on any atom is 0.251 e. The van der Waals surface area contributed by atoms with Crippen molar-refractivity contribution in [1.82, 2.24) is 20.1 Å². The highest BCUT2D eigenvalue weighted by Crippen LogP contribution is 2.24. The van der Waals surface area contributed by atoms with Crippen LogP contribution in [0.1, 0.15) is 35.6 Å². The summed E-state index contributed by atoms with van der Waals surface area (Å²) in [4.78, 5) is 12.3. The summed E-state index contributed by atoms with van der Waals surface area (Å²) < 4.78 is 28.8. The zero-order chi connectivity index (χ0) is 20.8. The lowest BCUT2D eigenvalue weighted by atomic mass is 10.2. The number of thioether (sulfide) groups is 1. The molecule has 3 rings (SSSR count). The lowest BCUT2D eigenvalue weighted by Crippen LogP contribution is -2.25. The first-order valence-corrected chi connectivity index (χ1v) is 10.2. The summed E-state index contributed by atoms with van der Waals surface area (Å²) in [5.74, 6) is 0.432. The molecule has 0 unspecified atom stereocenters. The molecule has 3 aromatic rings. The summed E-state index contributed by atoms with van der Waals surface area (Å²) in [6, 6.07) is 12.0. The first-order valence-electron chi connectivity index (χ1n) is 9.26. The number of hydrogen-bond donors (Lipinski definition) is 1. The molecule has 0 aliphatic heterocycles. The van der Waals surface area contributed by atoms with Gasteiger partial charge in [-0.15, -0.1) is 10.2 Å². The average Bonchev–Trinajstić information content (AvgIpc) is 3.07. The summed E-state index contributed by atoms with van der Waals surface area (Å²) >= 11 is 1.40. The van der Waals surface area contributed by atoms with Crippen LogP contribution in [0.3, 0.4) is 0 Å². The molecular weight excluding hydrogens is 394 g/mol. The number of halogens is 2. The molecule has 29 heavy (non-hydrogen) atoms. The number of carbonyl (C=O) groups excluding carboxylic acids is 1. The fourth-order valence-electron chi connectivity index (χ4n) is 2.73. The van der Waals surface area contributed by atoms with Gasteiger partial charge in [0.15, 0.2) is 11.0 Å². The van der Waals surface area contributed by atoms with E-state index in [0.29, 0.717) is 40.3 Å². The average molecular weight is 416 g/mol. The first-order chi connectivity index (χ1) is 13.9. The topological polar surface area (TPSA) is 59.8 Å². The second-order valence-corrected chi connectivity index (χ2v) is 7.92. The van der Waals surface area contributed by atoms with Crippen LogP contribution in [-0.2, 0) is 18.8 Å². The van der Waals surface area contributed by atoms with Gasteiger partial charge in [-0.25, -0.2) is 8.78 Å². The third-order valence-electron chi connectivity index (χ3n) is 4.17. The molecule has 1 heterocycles. The summed E-state index contributed by atoms with van der Waals surface area (Å²) in [6.07, 6.45) is 0. The largest absolute Gasteiger partial charge is 0.345 e. The SMILES string of the molecule is CC(C)Cn1c(CNC(=O)c2ccc(F)cc2)nnc1SCc1ccccc1F. The molecule has 5 nitrogen and oxygen atoms in total. The van der Waals surface area contributed by atoms with Crippen LogP contribution in [0.25, 0.3) is 0 Å². The minimum absolute atomic E-state index is 0.191. The Morgan fingerprint density at radius 2 is 1.83 bits per heavy atom. The van der Waals surface area contributed by atoms with Gasteiger partial charge in [-0.05, 0) is 41.8 Å². The van der Waals surface area contributed by atoms with Crippen molar-refractivity contribution in [3.05, 3.63) is 77.1 Å². The maximum atomic E-state index is 13.9. The molecule has 1 N–H and O–H groups in total. The van der Waals surface area contributed by atoms with Gasteiger partial charge in [-0.3, -0.25) is 4.79 Å². The fraction of sp³-hybridized carbons (Fsp3) is 0.286. The molecule has 1 amide bonds. The third kappa shape index (κ3) is 5.63. The molecule has 0 saturated carbocycles. The van der Waals surface area contributed by atoms with E-state index in [2.05, 4.69) is 29.4 Å². The molecule has 2 aromatic carbocycles. The van der Waals surface area contributed by atoms with Crippen molar-refractivity contribution < 1.29 is 13.6 Å². The highest BCUT2D eigenvalue weighted by atomic mass is 32.2. The molecule has 0 spiro atoms. The predicted octanol–water partition coefficient (Wildman–Crippen LogP) is 4.43. The minimum Gasteiger partial charge on any atom is -0.345 e. The van der Waals surface area contributed by atoms with Crippen molar-refractivity contribution in [3.8, 4) is 0 Å². The van der Waals surface area contributed by atoms with Gasteiger partial charge in [0.1, 0.15) is 11.6 Å². The summed E-state index contributed by atoms with van der Waals surface area (Å²) in [7, 11) is 0. The van der Waals surface area contributed by atoms with Crippen LogP contribution < -0.4 is 5.32 Å². The van der Waals surface area contributed by atoms with Gasteiger partial charge in [0.2, 0.25) is 0 Å². The second-order valence-electron chi connectivity index (χ2n) is 6.97. The standard InChI is InChI=1S/C21H22F2N4OS/c1-14(2)12-27-19(11-24-20(28)15-7-9-17(22)10-8-15)25-26-21(27)29-13-16-5-3-4-6-18(16)23/h3-10,14H,11-13H2,1-2H3,(H,24,28). The van der Waals surface area contributed by atoms with E-state index in [9.17, 15) is 13.6 Å². The number of rotatable bonds is 8. The van der Waals surface area contributed by atoms with E-state index in [1.165, 1.54) is 42.1 Å². The Morgan fingerprint density at radius 1 is 1.10 bits per heavy atom. The van der Waals surface area contributed by atoms with E-state index in [-0.39, 0.29) is 18.3 Å². The van der Waals surface area contributed by atoms with Gasteiger partial charge in [0.05, 0.1) is 6.54 Å². The molecule has 0 aliphatic carbocycles. The van der Waals surface area contributed by atoms with Crippen LogP contribution in [0.15, 0.2) is 53.7 Å². The number of benzene rings is 2. The Bertz CT molecular complexity index is 973. The Labute approximate surface area is 172 Å². The van der Waals surface area contributed by atoms with Crippen LogP contribution in [0.2, 0.25) is 0 Å². The van der Waals surface area contributed by atoms with E-state index in [0.717, 1.165) is 0 Å². The summed E-state index contributed by atoms with van der Waals surface area (Å²) in [6.45, 7) is 5.02. The number of aromatic nitrogens is 3. The van der Waals surface area contributed by atoms with Gasteiger partial charge >= 0.3 is 0 Å². The van der Waals surface area contributed by atoms with Gasteiger partial charge in [0, 0.05) is 17.9 Å². The van der Waals surface area contributed by atoms with E-state index in [1.807, 2.05) is 4.57 Å². The van der Waals surface area contributed by atoms with Gasteiger partial charge < -0.3 is 9.88 Å². The van der Waals surface area contributed by atoms with E-state index in [1.54, 1.807) is 18.2 Å². The van der Waals surface area contributed by atoms with Crippen molar-refractivity contribution in [2.75, 3.05) is 0 Å². The maximum absolute atomic E-state index is 13.9. The Kier molecular flexibility index (Phi) is 6.98. The molecule has 0 radical (unpaired) electrons. The monoisotopic (exact) mass is 416 g/mol. The summed E-state index contributed by atoms with van der Waals surface area (Å²) in [5, 5.41) is 11.9. The third-order valence-corrected chi connectivity index (χ3v) is 5.18. The van der Waals surface area contributed by atoms with Crippen molar-refractivity contribution in [1.29, 1.82) is 0 Å². The molecule has 0 bridgehead atoms. The summed E-state index contributed by atoms with van der Waals surface area (Å²) in [5.41, 5.74) is 0.971. The number of amides is 1. The number of carbonyl (C=O) groups is 1. The van der Waals surface area contributed by atoms with Crippen LogP contribution in [-0.4, -0.2) is 20.7 Å². The van der Waals surface area contributed by atoms with E-state index >= 15 is 0 Å². The number of hydrogen-bond acceptors (Lipinski definition) is 4. The zero-order valence-electron chi connectivity index (χ0n) is 16.2. The molecule has 152 valence electrons. The van der Waals surface area contributed by atoms with Crippen LogP contribution >= 0.6 is 11.8 Å². The normalized spacial score (nSPS) is 11.1. The van der Waals surface area contributed by atoms with E-state index < -0.39 is 5.82 Å². The molecule has 1 aromatic heterocycles. The van der Waals surface area contributed by atoms with Crippen molar-refractivity contribution in [2.45, 2.75) is 37.8 Å². The highest BCUT2D eigenvalue weighted by Gasteiger charge is 2.16. The van der Waals surface area contributed by atoms with Gasteiger partial charge in [0.25, 0.3) is 5.91 Å². The van der Waals surface area contributed by atoms with Crippen molar-refractivity contribution in [2.24, 2.45) is 5.92 Å². The zero-order valence-corrected chi connectivity index (χ0v) is 17.0. The van der Waals surface area contributed by atoms with Crippen molar-refractivity contribution >= 4 is 17.7 Å². The predicted molar refractivity (Wildman–Crippen MR) is 108 cm³/mol. The van der Waals surface area contributed by atoms with Crippen LogP contribution in [0.4, 0.5) is 8.78 Å². The Balaban J connectivity index is 1.70. The smallest absolute Gasteiger partial charge is 0.251 e. The lowest BCUT2D eigenvalue weighted by molar-refractivity contribution is 0.0949. The molecule has 0 aliphatic rings. The number of nitrogens with one attached hydrogen (secondary N) is 1. The lowest BCUT2D eigenvalue weighted by Gasteiger charge is -2.13. The Hall–Kier alpha value is -2.74. The second kappa shape index (κ2) is 9.65. The van der Waals surface area contributed by atoms with Crippen LogP contribution in [0.5, 0.6) is 0 Å². The first kappa shape index (κ1) is 21.0. The molecule has 0 saturated heterocycles. The molecular formula is C21H22F2N4OS. The van der Waals surface area contributed by atoms with Crippen molar-refractivity contribution in [3.63, 3.8) is 0 Å². The van der Waals surface area contributed by atoms with Crippen LogP contribution in [0, 0.1) is 17.6 Å². The van der Waals surface area contributed by atoms with Gasteiger partial charge in [-0.1, -0.05) is 43.8 Å². The van der Waals surface area contributed by atoms with E-state index in [4.69, 9.17) is 0 Å². The minimum atomic E-state index is -0.394. The Morgan fingerprint density at radius 3 is 2.52 bits per heavy atom. The molecule has 8 heteroatoms. The molecule has 0 atom stereocenters.